The largest absolute Gasteiger partial charge is 0.489 e. The first kappa shape index (κ1) is 29.5. The van der Waals surface area contributed by atoms with Crippen LogP contribution in [0.5, 0.6) is 23.0 Å². The lowest BCUT2D eigenvalue weighted by molar-refractivity contribution is -0.140. The molecule has 1 atom stereocenters. The van der Waals surface area contributed by atoms with Crippen LogP contribution in [0, 0.1) is 18.3 Å². The van der Waals surface area contributed by atoms with Gasteiger partial charge in [-0.25, -0.2) is 0 Å². The molecule has 0 aromatic heterocycles. The van der Waals surface area contributed by atoms with Crippen LogP contribution >= 0.6 is 0 Å². The van der Waals surface area contributed by atoms with Crippen molar-refractivity contribution >= 4 is 5.97 Å². The normalized spacial score (nSPS) is 12.7. The fourth-order valence-corrected chi connectivity index (χ4v) is 4.78. The molecule has 0 aliphatic carbocycles. The Hall–Kier alpha value is -5.04. The molecule has 0 saturated heterocycles. The number of benzene rings is 4. The molecule has 0 fully saturated rings. The second-order valence-corrected chi connectivity index (χ2v) is 10.1. The average Bonchev–Trinajstić information content (AvgIpc) is 3.04. The molecular formula is C34H32N2O7. The number of carbonyl (C=O) groups is 1. The minimum atomic E-state index is -1.15. The van der Waals surface area contributed by atoms with Gasteiger partial charge >= 0.3 is 5.97 Å². The average molecular weight is 581 g/mol. The zero-order valence-corrected chi connectivity index (χ0v) is 23.7. The highest BCUT2D eigenvalue weighted by Crippen LogP contribution is 2.36. The van der Waals surface area contributed by atoms with E-state index >= 15 is 0 Å². The minimum Gasteiger partial charge on any atom is -0.489 e. The van der Waals surface area contributed by atoms with Gasteiger partial charge in [0.05, 0.1) is 18.2 Å². The minimum absolute atomic E-state index is 0.155. The predicted molar refractivity (Wildman–Crippen MR) is 159 cm³/mol. The standard InChI is InChI=1S/C34H32N2O7/c1-22-27(6-3-7-29(22)25-9-11-31-33(15-25)41-13-12-40-31)21-42-28-10-8-26(18-36-30(19-37)34(38)39)32(16-28)43-20-24-5-2-4-23(14-24)17-35/h2-11,14-16,30,36-37H,12-13,18-21H2,1H3,(H,38,39). The van der Waals surface area contributed by atoms with Gasteiger partial charge in [-0.05, 0) is 65.1 Å². The van der Waals surface area contributed by atoms with Gasteiger partial charge in [0.2, 0.25) is 0 Å². The third-order valence-corrected chi connectivity index (χ3v) is 7.20. The van der Waals surface area contributed by atoms with Crippen LogP contribution in [0.15, 0.2) is 78.9 Å². The van der Waals surface area contributed by atoms with Gasteiger partial charge in [-0.1, -0.05) is 42.5 Å². The van der Waals surface area contributed by atoms with Crippen LogP contribution in [-0.2, 0) is 24.6 Å². The lowest BCUT2D eigenvalue weighted by atomic mass is 9.96. The van der Waals surface area contributed by atoms with Crippen LogP contribution in [0.2, 0.25) is 0 Å². The molecule has 220 valence electrons. The number of hydrogen-bond acceptors (Lipinski definition) is 8. The number of carboxylic acids is 1. The molecule has 1 aliphatic rings. The van der Waals surface area contributed by atoms with Crippen molar-refractivity contribution < 1.29 is 34.0 Å². The van der Waals surface area contributed by atoms with E-state index in [-0.39, 0.29) is 13.2 Å². The van der Waals surface area contributed by atoms with Crippen molar-refractivity contribution in [1.29, 1.82) is 5.26 Å². The molecular weight excluding hydrogens is 548 g/mol. The summed E-state index contributed by atoms with van der Waals surface area (Å²) in [5.41, 5.74) is 6.23. The number of nitrogens with one attached hydrogen (secondary N) is 1. The molecule has 1 unspecified atom stereocenters. The molecule has 43 heavy (non-hydrogen) atoms. The van der Waals surface area contributed by atoms with Crippen molar-refractivity contribution in [3.05, 3.63) is 107 Å². The molecule has 9 nitrogen and oxygen atoms in total. The van der Waals surface area contributed by atoms with Gasteiger partial charge < -0.3 is 29.2 Å². The van der Waals surface area contributed by atoms with Gasteiger partial charge in [0.15, 0.2) is 11.5 Å². The molecule has 0 saturated carbocycles. The molecule has 5 rings (SSSR count). The van der Waals surface area contributed by atoms with Crippen LogP contribution in [-0.4, -0.2) is 42.0 Å². The Morgan fingerprint density at radius 1 is 0.953 bits per heavy atom. The molecule has 1 heterocycles. The van der Waals surface area contributed by atoms with E-state index in [9.17, 15) is 20.3 Å². The summed E-state index contributed by atoms with van der Waals surface area (Å²) in [6, 6.07) is 25.5. The van der Waals surface area contributed by atoms with Gasteiger partial charge in [-0.15, -0.1) is 0 Å². The summed E-state index contributed by atoms with van der Waals surface area (Å²) in [6.07, 6.45) is 0. The zero-order chi connectivity index (χ0) is 30.2. The van der Waals surface area contributed by atoms with Gasteiger partial charge in [0.25, 0.3) is 0 Å². The second-order valence-electron chi connectivity index (χ2n) is 10.1. The summed E-state index contributed by atoms with van der Waals surface area (Å²) in [5.74, 6) is 1.41. The highest BCUT2D eigenvalue weighted by atomic mass is 16.6. The first-order valence-electron chi connectivity index (χ1n) is 13.9. The Morgan fingerprint density at radius 3 is 2.56 bits per heavy atom. The van der Waals surface area contributed by atoms with Gasteiger partial charge in [-0.2, -0.15) is 5.26 Å². The number of nitriles is 1. The quantitative estimate of drug-likeness (QED) is 0.212. The molecule has 9 heteroatoms. The Morgan fingerprint density at radius 2 is 1.77 bits per heavy atom. The number of fused-ring (bicyclic) bond motifs is 1. The molecule has 1 aliphatic heterocycles. The number of ether oxygens (including phenoxy) is 4. The van der Waals surface area contributed by atoms with Crippen LogP contribution in [0.1, 0.15) is 27.8 Å². The first-order valence-corrected chi connectivity index (χ1v) is 13.9. The molecule has 0 radical (unpaired) electrons. The van der Waals surface area contributed by atoms with Crippen LogP contribution < -0.4 is 24.3 Å². The Bertz CT molecular complexity index is 1650. The fraction of sp³-hybridized carbons (Fsp3) is 0.235. The maximum Gasteiger partial charge on any atom is 0.323 e. The topological polar surface area (TPSA) is 130 Å². The number of aliphatic hydroxyl groups is 1. The highest BCUT2D eigenvalue weighted by molar-refractivity contribution is 5.73. The number of aliphatic hydroxyl groups excluding tert-OH is 1. The van der Waals surface area contributed by atoms with Crippen molar-refractivity contribution in [1.82, 2.24) is 5.32 Å². The van der Waals surface area contributed by atoms with E-state index in [0.717, 1.165) is 39.3 Å². The van der Waals surface area contributed by atoms with E-state index in [2.05, 4.69) is 24.4 Å². The third-order valence-electron chi connectivity index (χ3n) is 7.20. The van der Waals surface area contributed by atoms with Gasteiger partial charge in [0, 0.05) is 18.2 Å². The summed E-state index contributed by atoms with van der Waals surface area (Å²) >= 11 is 0. The van der Waals surface area contributed by atoms with Crippen molar-refractivity contribution in [3.8, 4) is 40.2 Å². The summed E-state index contributed by atoms with van der Waals surface area (Å²) in [5, 5.41) is 30.8. The molecule has 0 bridgehead atoms. The first-order chi connectivity index (χ1) is 20.9. The lowest BCUT2D eigenvalue weighted by Crippen LogP contribution is -2.39. The van der Waals surface area contributed by atoms with Crippen LogP contribution in [0.3, 0.4) is 0 Å². The second kappa shape index (κ2) is 13.7. The molecule has 3 N–H and O–H groups in total. The van der Waals surface area contributed by atoms with Gasteiger partial charge in [0.1, 0.15) is 44.0 Å². The van der Waals surface area contributed by atoms with E-state index in [0.29, 0.717) is 42.4 Å². The number of aliphatic carboxylic acids is 1. The third kappa shape index (κ3) is 7.25. The smallest absolute Gasteiger partial charge is 0.323 e. The molecule has 0 amide bonds. The van der Waals surface area contributed by atoms with E-state index in [1.807, 2.05) is 36.4 Å². The van der Waals surface area contributed by atoms with E-state index in [1.165, 1.54) is 0 Å². The Balaban J connectivity index is 1.34. The fourth-order valence-electron chi connectivity index (χ4n) is 4.78. The van der Waals surface area contributed by atoms with E-state index in [1.54, 1.807) is 36.4 Å². The SMILES string of the molecule is Cc1c(COc2ccc(CNC(CO)C(=O)O)c(OCc3cccc(C#N)c3)c2)cccc1-c1ccc2c(c1)OCCO2. The Labute approximate surface area is 249 Å². The number of nitrogens with zero attached hydrogens (tertiary/aromatic N) is 1. The van der Waals surface area contributed by atoms with E-state index in [4.69, 9.17) is 18.9 Å². The highest BCUT2D eigenvalue weighted by Gasteiger charge is 2.18. The summed E-state index contributed by atoms with van der Waals surface area (Å²) in [6.45, 7) is 3.26. The van der Waals surface area contributed by atoms with Gasteiger partial charge in [-0.3, -0.25) is 10.1 Å². The maximum atomic E-state index is 11.4. The lowest BCUT2D eigenvalue weighted by Gasteiger charge is -2.20. The van der Waals surface area contributed by atoms with Crippen molar-refractivity contribution in [2.75, 3.05) is 19.8 Å². The zero-order valence-electron chi connectivity index (χ0n) is 23.7. The summed E-state index contributed by atoms with van der Waals surface area (Å²) < 4.78 is 23.8. The van der Waals surface area contributed by atoms with E-state index < -0.39 is 18.6 Å². The van der Waals surface area contributed by atoms with Crippen molar-refractivity contribution in [2.45, 2.75) is 32.7 Å². The van der Waals surface area contributed by atoms with Crippen molar-refractivity contribution in [2.24, 2.45) is 0 Å². The number of carboxylic acid groups (broad SMARTS) is 1. The van der Waals surface area contributed by atoms with Crippen LogP contribution in [0.25, 0.3) is 11.1 Å². The number of hydrogen-bond donors (Lipinski definition) is 3. The molecule has 4 aromatic carbocycles. The van der Waals surface area contributed by atoms with Crippen LogP contribution in [0.4, 0.5) is 0 Å². The molecule has 4 aromatic rings. The maximum absolute atomic E-state index is 11.4. The predicted octanol–water partition coefficient (Wildman–Crippen LogP) is 5.00. The summed E-state index contributed by atoms with van der Waals surface area (Å²) in [4.78, 5) is 11.4. The molecule has 0 spiro atoms. The monoisotopic (exact) mass is 580 g/mol. The van der Waals surface area contributed by atoms with Crippen molar-refractivity contribution in [3.63, 3.8) is 0 Å². The Kier molecular flexibility index (Phi) is 9.42. The number of rotatable bonds is 12. The summed E-state index contributed by atoms with van der Waals surface area (Å²) in [7, 11) is 0.